The van der Waals surface area contributed by atoms with Crippen LogP contribution in [0.5, 0.6) is 0 Å². The van der Waals surface area contributed by atoms with E-state index in [4.69, 9.17) is 0 Å². The maximum atomic E-state index is 11.2. The van der Waals surface area contributed by atoms with Gasteiger partial charge in [0.15, 0.2) is 0 Å². The topological polar surface area (TPSA) is 29.1 Å². The van der Waals surface area contributed by atoms with Crippen molar-refractivity contribution in [1.82, 2.24) is 5.32 Å². The monoisotopic (exact) mass is 359 g/mol. The first kappa shape index (κ1) is 18.0. The molecule has 1 amide bonds. The van der Waals surface area contributed by atoms with Crippen molar-refractivity contribution in [3.05, 3.63) is 119 Å². The van der Waals surface area contributed by atoms with Crippen LogP contribution in [0, 0.1) is 0 Å². The fourth-order valence-corrected chi connectivity index (χ4v) is 4.17. The van der Waals surface area contributed by atoms with E-state index < -0.39 is 4.75 Å². The number of benzene rings is 3. The lowest BCUT2D eigenvalue weighted by Gasteiger charge is -2.34. The van der Waals surface area contributed by atoms with Crippen LogP contribution in [-0.4, -0.2) is 5.91 Å². The highest BCUT2D eigenvalue weighted by Crippen LogP contribution is 2.48. The van der Waals surface area contributed by atoms with Crippen molar-refractivity contribution in [1.29, 1.82) is 0 Å². The van der Waals surface area contributed by atoms with Crippen LogP contribution in [0.2, 0.25) is 0 Å². The van der Waals surface area contributed by atoms with Gasteiger partial charge < -0.3 is 5.32 Å². The van der Waals surface area contributed by atoms with Crippen LogP contribution < -0.4 is 5.32 Å². The Hall–Kier alpha value is -2.78. The van der Waals surface area contributed by atoms with E-state index in [1.54, 1.807) is 18.0 Å². The third-order valence-corrected chi connectivity index (χ3v) is 5.47. The van der Waals surface area contributed by atoms with E-state index in [1.165, 1.54) is 23.6 Å². The van der Waals surface area contributed by atoms with Crippen LogP contribution in [0.25, 0.3) is 0 Å². The first-order valence-corrected chi connectivity index (χ1v) is 9.38. The molecule has 130 valence electrons. The molecule has 0 saturated carbocycles. The lowest BCUT2D eigenvalue weighted by Crippen LogP contribution is -2.25. The predicted molar refractivity (Wildman–Crippen MR) is 110 cm³/mol. The third kappa shape index (κ3) is 3.89. The number of carbonyl (C=O) groups is 1. The average molecular weight is 359 g/mol. The summed E-state index contributed by atoms with van der Waals surface area (Å²) in [5.41, 5.74) is 3.57. The van der Waals surface area contributed by atoms with Crippen LogP contribution in [0.4, 0.5) is 0 Å². The summed E-state index contributed by atoms with van der Waals surface area (Å²) in [6.45, 7) is 1.51. The normalized spacial score (nSPS) is 11.4. The molecular formula is C23H21NOS. The number of carbonyl (C=O) groups excluding carboxylic acids is 1. The summed E-state index contributed by atoms with van der Waals surface area (Å²) in [7, 11) is 0. The Labute approximate surface area is 159 Å². The fourth-order valence-electron chi connectivity index (χ4n) is 3.01. The van der Waals surface area contributed by atoms with E-state index >= 15 is 0 Å². The molecule has 0 unspecified atom stereocenters. The fraction of sp³-hybridized carbons (Fsp3) is 0.0870. The molecule has 26 heavy (non-hydrogen) atoms. The summed E-state index contributed by atoms with van der Waals surface area (Å²) in [5, 5.41) is 4.68. The lowest BCUT2D eigenvalue weighted by atomic mass is 9.84. The zero-order chi connectivity index (χ0) is 18.2. The van der Waals surface area contributed by atoms with Crippen LogP contribution in [0.15, 0.2) is 103 Å². The second kappa shape index (κ2) is 8.54. The smallest absolute Gasteiger partial charge is 0.220 e. The van der Waals surface area contributed by atoms with Crippen molar-refractivity contribution in [2.45, 2.75) is 11.7 Å². The van der Waals surface area contributed by atoms with Crippen LogP contribution in [0.1, 0.15) is 23.6 Å². The summed E-state index contributed by atoms with van der Waals surface area (Å²) in [6, 6.07) is 31.4. The number of hydrogen-bond acceptors (Lipinski definition) is 2. The quantitative estimate of drug-likeness (QED) is 0.604. The number of rotatable bonds is 6. The highest BCUT2D eigenvalue weighted by molar-refractivity contribution is 8.03. The van der Waals surface area contributed by atoms with Crippen LogP contribution in [-0.2, 0) is 9.54 Å². The number of amides is 1. The van der Waals surface area contributed by atoms with Crippen molar-refractivity contribution in [2.75, 3.05) is 0 Å². The minimum Gasteiger partial charge on any atom is -0.332 e. The van der Waals surface area contributed by atoms with Gasteiger partial charge in [0.2, 0.25) is 5.91 Å². The molecule has 3 rings (SSSR count). The largest absolute Gasteiger partial charge is 0.332 e. The Kier molecular flexibility index (Phi) is 5.92. The molecule has 0 aliphatic carbocycles. The number of thioether (sulfide) groups is 1. The van der Waals surface area contributed by atoms with E-state index in [0.29, 0.717) is 0 Å². The maximum absolute atomic E-state index is 11.2. The highest BCUT2D eigenvalue weighted by atomic mass is 32.2. The van der Waals surface area contributed by atoms with E-state index in [0.717, 1.165) is 0 Å². The second-order valence-corrected chi connectivity index (χ2v) is 7.02. The van der Waals surface area contributed by atoms with Gasteiger partial charge in [-0.2, -0.15) is 0 Å². The molecule has 3 heteroatoms. The summed E-state index contributed by atoms with van der Waals surface area (Å²) < 4.78 is -0.404. The Morgan fingerprint density at radius 1 is 0.769 bits per heavy atom. The van der Waals surface area contributed by atoms with Gasteiger partial charge in [-0.25, -0.2) is 0 Å². The molecule has 0 radical (unpaired) electrons. The van der Waals surface area contributed by atoms with E-state index in [2.05, 4.69) is 78.1 Å². The minimum atomic E-state index is -0.404. The Balaban J connectivity index is 2.18. The van der Waals surface area contributed by atoms with Gasteiger partial charge in [-0.1, -0.05) is 91.0 Å². The molecule has 0 aliphatic heterocycles. The van der Waals surface area contributed by atoms with Crippen LogP contribution in [0.3, 0.4) is 0 Å². The Bertz CT molecular complexity index is 764. The van der Waals surface area contributed by atoms with Crippen LogP contribution >= 0.6 is 11.8 Å². The number of hydrogen-bond donors (Lipinski definition) is 1. The van der Waals surface area contributed by atoms with Gasteiger partial charge in [0.25, 0.3) is 0 Å². The Morgan fingerprint density at radius 3 is 1.50 bits per heavy atom. The zero-order valence-corrected chi connectivity index (χ0v) is 15.4. The Morgan fingerprint density at radius 2 is 1.15 bits per heavy atom. The van der Waals surface area contributed by atoms with Gasteiger partial charge in [0.1, 0.15) is 0 Å². The molecular weight excluding hydrogens is 338 g/mol. The van der Waals surface area contributed by atoms with Gasteiger partial charge in [0.05, 0.1) is 4.75 Å². The molecule has 3 aromatic carbocycles. The average Bonchev–Trinajstić information content (AvgIpc) is 2.70. The minimum absolute atomic E-state index is 0.0772. The molecule has 1 N–H and O–H groups in total. The first-order chi connectivity index (χ1) is 12.7. The molecule has 0 heterocycles. The van der Waals surface area contributed by atoms with Gasteiger partial charge >= 0.3 is 0 Å². The van der Waals surface area contributed by atoms with Crippen molar-refractivity contribution in [2.24, 2.45) is 0 Å². The van der Waals surface area contributed by atoms with Crippen molar-refractivity contribution in [3.8, 4) is 0 Å². The lowest BCUT2D eigenvalue weighted by molar-refractivity contribution is -0.118. The summed E-state index contributed by atoms with van der Waals surface area (Å²) in [5.74, 6) is -0.0772. The summed E-state index contributed by atoms with van der Waals surface area (Å²) in [6.07, 6.45) is 1.70. The summed E-state index contributed by atoms with van der Waals surface area (Å²) in [4.78, 5) is 11.2. The molecule has 0 aromatic heterocycles. The SMILES string of the molecule is CC(=O)NC=CSC(c1ccccc1)(c1ccccc1)c1ccccc1. The van der Waals surface area contributed by atoms with E-state index in [9.17, 15) is 4.79 Å². The molecule has 0 atom stereocenters. The van der Waals surface area contributed by atoms with Gasteiger partial charge in [-0.3, -0.25) is 4.79 Å². The zero-order valence-electron chi connectivity index (χ0n) is 14.6. The molecule has 0 spiro atoms. The third-order valence-electron chi connectivity index (χ3n) is 4.14. The second-order valence-electron chi connectivity index (χ2n) is 5.90. The molecule has 0 fully saturated rings. The summed E-state index contributed by atoms with van der Waals surface area (Å²) >= 11 is 1.67. The van der Waals surface area contributed by atoms with Crippen molar-refractivity contribution < 1.29 is 4.79 Å². The highest BCUT2D eigenvalue weighted by Gasteiger charge is 2.36. The maximum Gasteiger partial charge on any atom is 0.220 e. The standard InChI is InChI=1S/C23H21NOS/c1-19(25)24-17-18-26-23(20-11-5-2-6-12-20,21-13-7-3-8-14-21)22-15-9-4-10-16-22/h2-18H,1H3,(H,24,25). The predicted octanol–water partition coefficient (Wildman–Crippen LogP) is 5.32. The molecule has 0 saturated heterocycles. The number of nitrogens with one attached hydrogen (secondary N) is 1. The van der Waals surface area contributed by atoms with Gasteiger partial charge in [0, 0.05) is 13.1 Å². The first-order valence-electron chi connectivity index (χ1n) is 8.50. The van der Waals surface area contributed by atoms with E-state index in [-0.39, 0.29) is 5.91 Å². The van der Waals surface area contributed by atoms with E-state index in [1.807, 2.05) is 23.6 Å². The molecule has 0 bridgehead atoms. The molecule has 0 aliphatic rings. The van der Waals surface area contributed by atoms with Gasteiger partial charge in [-0.05, 0) is 22.1 Å². The molecule has 2 nitrogen and oxygen atoms in total. The van der Waals surface area contributed by atoms with Crippen molar-refractivity contribution in [3.63, 3.8) is 0 Å². The van der Waals surface area contributed by atoms with Gasteiger partial charge in [-0.15, -0.1) is 11.8 Å². The van der Waals surface area contributed by atoms with Crippen molar-refractivity contribution >= 4 is 17.7 Å². The molecule has 3 aromatic rings.